The van der Waals surface area contributed by atoms with Gasteiger partial charge in [0.25, 0.3) is 0 Å². The first kappa shape index (κ1) is 18.7. The Morgan fingerprint density at radius 2 is 2.11 bits per heavy atom. The van der Waals surface area contributed by atoms with E-state index in [0.29, 0.717) is 11.5 Å². The Balaban J connectivity index is 1.76. The lowest BCUT2D eigenvalue weighted by Crippen LogP contribution is -2.22. The van der Waals surface area contributed by atoms with E-state index >= 15 is 0 Å². The third-order valence-electron chi connectivity index (χ3n) is 6.25. The van der Waals surface area contributed by atoms with E-state index in [-0.39, 0.29) is 5.41 Å². The van der Waals surface area contributed by atoms with E-state index in [9.17, 15) is 9.90 Å². The smallest absolute Gasteiger partial charge is 0.337 e. The van der Waals surface area contributed by atoms with Crippen molar-refractivity contribution in [2.24, 2.45) is 11.3 Å². The Kier molecular flexibility index (Phi) is 4.89. The Labute approximate surface area is 166 Å². The average Bonchev–Trinajstić information content (AvgIpc) is 3.17. The summed E-state index contributed by atoms with van der Waals surface area (Å²) in [6.07, 6.45) is 5.27. The van der Waals surface area contributed by atoms with Crippen molar-refractivity contribution in [2.45, 2.75) is 46.0 Å². The molecule has 1 N–H and O–H groups in total. The fourth-order valence-corrected chi connectivity index (χ4v) is 6.13. The maximum Gasteiger partial charge on any atom is 0.337 e. The second-order valence-corrected chi connectivity index (χ2v) is 10.2. The van der Waals surface area contributed by atoms with Crippen LogP contribution in [0.25, 0.3) is 10.4 Å². The molecular formula is C23H29NO2S. The lowest BCUT2D eigenvalue weighted by Gasteiger charge is -2.29. The van der Waals surface area contributed by atoms with Gasteiger partial charge in [-0.1, -0.05) is 38.1 Å². The zero-order valence-electron chi connectivity index (χ0n) is 16.5. The molecule has 2 aromatic rings. The fraction of sp³-hybridized carbons (Fsp3) is 0.522. The summed E-state index contributed by atoms with van der Waals surface area (Å²) in [6, 6.07) is 8.47. The van der Waals surface area contributed by atoms with Crippen LogP contribution in [0.2, 0.25) is 0 Å². The van der Waals surface area contributed by atoms with Crippen LogP contribution in [0, 0.1) is 11.3 Å². The van der Waals surface area contributed by atoms with Crippen LogP contribution in [-0.4, -0.2) is 36.1 Å². The summed E-state index contributed by atoms with van der Waals surface area (Å²) >= 11 is 1.73. The summed E-state index contributed by atoms with van der Waals surface area (Å²) in [7, 11) is 2.18. The third-order valence-corrected chi connectivity index (χ3v) is 7.57. The number of thiophene rings is 1. The van der Waals surface area contributed by atoms with Gasteiger partial charge < -0.3 is 10.0 Å². The van der Waals surface area contributed by atoms with Crippen LogP contribution in [0.3, 0.4) is 0 Å². The average molecular weight is 384 g/mol. The number of nitrogens with zero attached hydrogens (tertiary/aromatic N) is 1. The number of benzene rings is 1. The molecule has 0 spiro atoms. The predicted molar refractivity (Wildman–Crippen MR) is 112 cm³/mol. The Bertz CT molecular complexity index is 867. The number of carboxylic acids is 1. The summed E-state index contributed by atoms with van der Waals surface area (Å²) in [4.78, 5) is 16.9. The summed E-state index contributed by atoms with van der Waals surface area (Å²) < 4.78 is 0. The first-order valence-corrected chi connectivity index (χ1v) is 10.8. The van der Waals surface area contributed by atoms with Crippen molar-refractivity contribution in [3.63, 3.8) is 0 Å². The lowest BCUT2D eigenvalue weighted by atomic mass is 9.75. The molecule has 4 heteroatoms. The van der Waals surface area contributed by atoms with E-state index in [0.717, 1.165) is 54.8 Å². The Morgan fingerprint density at radius 3 is 2.81 bits per heavy atom. The summed E-state index contributed by atoms with van der Waals surface area (Å²) in [5.41, 5.74) is 4.29. The molecule has 0 amide bonds. The second kappa shape index (κ2) is 7.06. The summed E-state index contributed by atoms with van der Waals surface area (Å²) in [5.74, 6) is -0.103. The normalized spacial score (nSPS) is 22.0. The predicted octanol–water partition coefficient (Wildman–Crippen LogP) is 5.12. The zero-order valence-corrected chi connectivity index (χ0v) is 17.4. The first-order chi connectivity index (χ1) is 12.8. The number of aromatic carboxylic acids is 1. The van der Waals surface area contributed by atoms with Gasteiger partial charge in [-0.05, 0) is 73.7 Å². The van der Waals surface area contributed by atoms with Crippen molar-refractivity contribution in [1.82, 2.24) is 4.90 Å². The van der Waals surface area contributed by atoms with Gasteiger partial charge in [0.15, 0.2) is 0 Å². The van der Waals surface area contributed by atoms with Crippen LogP contribution in [0.5, 0.6) is 0 Å². The van der Waals surface area contributed by atoms with Crippen molar-refractivity contribution >= 4 is 17.3 Å². The molecule has 4 rings (SSSR count). The van der Waals surface area contributed by atoms with Gasteiger partial charge in [-0.25, -0.2) is 4.79 Å². The summed E-state index contributed by atoms with van der Waals surface area (Å²) in [6.45, 7) is 6.80. The standard InChI is InChI=1S/C23H29NO2S/c1-23(2)10-8-19-18(13-23)20(22(25)26)21(27-19)17-7-5-4-6-16(17)12-15-9-11-24(3)14-15/h4-7,15H,8-14H2,1-3H3,(H,25,26)/t15-/m1/s1. The van der Waals surface area contributed by atoms with Crippen LogP contribution >= 0.6 is 11.3 Å². The molecule has 2 heterocycles. The number of hydrogen-bond donors (Lipinski definition) is 1. The number of likely N-dealkylation sites (tertiary alicyclic amines) is 1. The minimum Gasteiger partial charge on any atom is -0.478 e. The molecule has 1 saturated heterocycles. The molecule has 1 aliphatic carbocycles. The number of carbonyl (C=O) groups is 1. The largest absolute Gasteiger partial charge is 0.478 e. The lowest BCUT2D eigenvalue weighted by molar-refractivity contribution is 0.0696. The molecule has 3 nitrogen and oxygen atoms in total. The van der Waals surface area contributed by atoms with Gasteiger partial charge in [0.2, 0.25) is 0 Å². The first-order valence-electron chi connectivity index (χ1n) is 9.99. The number of hydrogen-bond acceptors (Lipinski definition) is 3. The molecule has 1 fully saturated rings. The monoisotopic (exact) mass is 383 g/mol. The third kappa shape index (κ3) is 3.70. The van der Waals surface area contributed by atoms with Gasteiger partial charge >= 0.3 is 5.97 Å². The Morgan fingerprint density at radius 1 is 1.33 bits per heavy atom. The van der Waals surface area contributed by atoms with Crippen molar-refractivity contribution in [3.05, 3.63) is 45.8 Å². The molecule has 1 aliphatic heterocycles. The van der Waals surface area contributed by atoms with Crippen LogP contribution in [0.4, 0.5) is 0 Å². The van der Waals surface area contributed by atoms with E-state index in [2.05, 4.69) is 44.0 Å². The van der Waals surface area contributed by atoms with Crippen LogP contribution in [0.15, 0.2) is 24.3 Å². The minimum atomic E-state index is -0.768. The molecule has 2 aliphatic rings. The fourth-order valence-electron chi connectivity index (χ4n) is 4.76. The van der Waals surface area contributed by atoms with E-state index in [1.165, 1.54) is 16.9 Å². The van der Waals surface area contributed by atoms with Crippen molar-refractivity contribution in [1.29, 1.82) is 0 Å². The van der Waals surface area contributed by atoms with Gasteiger partial charge in [-0.2, -0.15) is 0 Å². The van der Waals surface area contributed by atoms with Gasteiger partial charge in [0.1, 0.15) is 0 Å². The molecule has 1 aromatic carbocycles. The van der Waals surface area contributed by atoms with E-state index < -0.39 is 5.97 Å². The molecule has 1 atom stereocenters. The van der Waals surface area contributed by atoms with Gasteiger partial charge in [-0.15, -0.1) is 11.3 Å². The zero-order chi connectivity index (χ0) is 19.2. The van der Waals surface area contributed by atoms with Gasteiger partial charge in [0.05, 0.1) is 5.56 Å². The van der Waals surface area contributed by atoms with Crippen LogP contribution in [-0.2, 0) is 19.3 Å². The topological polar surface area (TPSA) is 40.5 Å². The second-order valence-electron chi connectivity index (χ2n) is 9.13. The minimum absolute atomic E-state index is 0.184. The number of carboxylic acid groups (broad SMARTS) is 1. The van der Waals surface area contributed by atoms with Crippen LogP contribution in [0.1, 0.15) is 53.1 Å². The van der Waals surface area contributed by atoms with E-state index in [4.69, 9.17) is 0 Å². The highest BCUT2D eigenvalue weighted by molar-refractivity contribution is 7.16. The van der Waals surface area contributed by atoms with Gasteiger partial charge in [-0.3, -0.25) is 0 Å². The van der Waals surface area contributed by atoms with Gasteiger partial charge in [0, 0.05) is 16.3 Å². The molecule has 0 unspecified atom stereocenters. The molecule has 144 valence electrons. The maximum atomic E-state index is 12.2. The molecule has 0 bridgehead atoms. The number of fused-ring (bicyclic) bond motifs is 1. The SMILES string of the molecule is CN1CC[C@H](Cc2ccccc2-c2sc3c(c2C(=O)O)CC(C)(C)CC3)C1. The molecule has 1 aromatic heterocycles. The molecule has 0 radical (unpaired) electrons. The van der Waals surface area contributed by atoms with Crippen molar-refractivity contribution < 1.29 is 9.90 Å². The summed E-state index contributed by atoms with van der Waals surface area (Å²) in [5, 5.41) is 10.1. The van der Waals surface area contributed by atoms with Crippen LogP contribution < -0.4 is 0 Å². The highest BCUT2D eigenvalue weighted by Gasteiger charge is 2.33. The maximum absolute atomic E-state index is 12.2. The highest BCUT2D eigenvalue weighted by atomic mass is 32.1. The van der Waals surface area contributed by atoms with E-state index in [1.54, 1.807) is 11.3 Å². The quantitative estimate of drug-likeness (QED) is 0.796. The van der Waals surface area contributed by atoms with Crippen molar-refractivity contribution in [3.8, 4) is 10.4 Å². The molecule has 0 saturated carbocycles. The van der Waals surface area contributed by atoms with E-state index in [1.807, 2.05) is 6.07 Å². The molecule has 27 heavy (non-hydrogen) atoms. The highest BCUT2D eigenvalue weighted by Crippen LogP contribution is 2.46. The molecular weight excluding hydrogens is 354 g/mol. The number of aryl methyl sites for hydroxylation is 1. The number of rotatable bonds is 4. The Hall–Kier alpha value is -1.65. The van der Waals surface area contributed by atoms with Crippen molar-refractivity contribution in [2.75, 3.05) is 20.1 Å².